The second kappa shape index (κ2) is 7.66. The van der Waals surface area contributed by atoms with Gasteiger partial charge in [0.1, 0.15) is 12.4 Å². The maximum Gasteiger partial charge on any atom is 0.191 e. The van der Waals surface area contributed by atoms with E-state index in [9.17, 15) is 0 Å². The van der Waals surface area contributed by atoms with Crippen molar-refractivity contribution in [3.8, 4) is 5.75 Å². The minimum atomic E-state index is -1.57. The molecular weight excluding hydrogens is 260 g/mol. The summed E-state index contributed by atoms with van der Waals surface area (Å²) in [4.78, 5) is 0. The van der Waals surface area contributed by atoms with Gasteiger partial charge in [-0.3, -0.25) is 0 Å². The Morgan fingerprint density at radius 2 is 1.89 bits per heavy atom. The zero-order valence-electron chi connectivity index (χ0n) is 11.4. The molecule has 0 aliphatic heterocycles. The molecule has 0 saturated heterocycles. The first kappa shape index (κ1) is 15.3. The standard InChI is InChI=1S/C14H22O2SSi/c1-4-5-11-18(2,3)15-12-14(17)16-13-9-7-6-8-10-13/h6-10H,4-5,11-12H2,1-3H3. The van der Waals surface area contributed by atoms with Gasteiger partial charge in [0.25, 0.3) is 0 Å². The summed E-state index contributed by atoms with van der Waals surface area (Å²) in [5, 5.41) is 0.512. The Kier molecular flexibility index (Phi) is 6.53. The van der Waals surface area contributed by atoms with Gasteiger partial charge in [0.2, 0.25) is 0 Å². The van der Waals surface area contributed by atoms with E-state index in [-0.39, 0.29) is 0 Å². The van der Waals surface area contributed by atoms with Gasteiger partial charge >= 0.3 is 0 Å². The Bertz CT molecular complexity index is 365. The van der Waals surface area contributed by atoms with Crippen LogP contribution in [0.1, 0.15) is 19.8 Å². The van der Waals surface area contributed by atoms with E-state index in [1.807, 2.05) is 30.3 Å². The lowest BCUT2D eigenvalue weighted by molar-refractivity contribution is 0.342. The van der Waals surface area contributed by atoms with Crippen LogP contribution in [0.25, 0.3) is 0 Å². The molecule has 0 aromatic heterocycles. The molecule has 0 spiro atoms. The van der Waals surface area contributed by atoms with Gasteiger partial charge in [-0.15, -0.1) is 0 Å². The highest BCUT2D eigenvalue weighted by atomic mass is 32.1. The van der Waals surface area contributed by atoms with E-state index >= 15 is 0 Å². The van der Waals surface area contributed by atoms with Crippen LogP contribution >= 0.6 is 12.2 Å². The smallest absolute Gasteiger partial charge is 0.191 e. The van der Waals surface area contributed by atoms with Crippen LogP contribution in [0.3, 0.4) is 0 Å². The van der Waals surface area contributed by atoms with Gasteiger partial charge in [-0.05, 0) is 43.5 Å². The highest BCUT2D eigenvalue weighted by molar-refractivity contribution is 7.80. The first-order valence-corrected chi connectivity index (χ1v) is 9.95. The highest BCUT2D eigenvalue weighted by Gasteiger charge is 2.22. The molecule has 0 aliphatic carbocycles. The van der Waals surface area contributed by atoms with Crippen LogP contribution in [0.15, 0.2) is 30.3 Å². The average Bonchev–Trinajstić information content (AvgIpc) is 2.36. The van der Waals surface area contributed by atoms with Crippen molar-refractivity contribution in [2.24, 2.45) is 0 Å². The predicted octanol–water partition coefficient (Wildman–Crippen LogP) is 4.41. The summed E-state index contributed by atoms with van der Waals surface area (Å²) in [7, 11) is -1.57. The van der Waals surface area contributed by atoms with Crippen molar-refractivity contribution < 1.29 is 9.16 Å². The lowest BCUT2D eigenvalue weighted by Crippen LogP contribution is -2.33. The van der Waals surface area contributed by atoms with Crippen molar-refractivity contribution in [2.75, 3.05) is 6.61 Å². The molecule has 0 saturated carbocycles. The first-order valence-electron chi connectivity index (χ1n) is 6.43. The SMILES string of the molecule is CCCC[Si](C)(C)OCC(=S)Oc1ccccc1. The monoisotopic (exact) mass is 282 g/mol. The van der Waals surface area contributed by atoms with Gasteiger partial charge in [0.05, 0.1) is 0 Å². The van der Waals surface area contributed by atoms with Crippen molar-refractivity contribution in [3.05, 3.63) is 30.3 Å². The summed E-state index contributed by atoms with van der Waals surface area (Å²) in [5.41, 5.74) is 0. The maximum absolute atomic E-state index is 5.94. The van der Waals surface area contributed by atoms with E-state index in [1.165, 1.54) is 18.9 Å². The van der Waals surface area contributed by atoms with Crippen LogP contribution < -0.4 is 4.74 Å². The van der Waals surface area contributed by atoms with Crippen LogP contribution in [-0.2, 0) is 4.43 Å². The number of thiocarbonyl (C=S) groups is 1. The molecule has 0 bridgehead atoms. The van der Waals surface area contributed by atoms with Crippen LogP contribution in [0.5, 0.6) is 5.75 Å². The van der Waals surface area contributed by atoms with Crippen LogP contribution in [0, 0.1) is 0 Å². The van der Waals surface area contributed by atoms with Gasteiger partial charge in [-0.25, -0.2) is 0 Å². The van der Waals surface area contributed by atoms with Gasteiger partial charge in [0.15, 0.2) is 13.4 Å². The Balaban J connectivity index is 2.33. The van der Waals surface area contributed by atoms with E-state index in [1.54, 1.807) is 0 Å². The molecule has 0 heterocycles. The second-order valence-corrected chi connectivity index (χ2v) is 9.70. The molecule has 1 aromatic rings. The Hall–Kier alpha value is -0.713. The number of para-hydroxylation sites is 1. The largest absolute Gasteiger partial charge is 0.448 e. The quantitative estimate of drug-likeness (QED) is 0.545. The molecule has 4 heteroatoms. The van der Waals surface area contributed by atoms with Crippen molar-refractivity contribution in [3.63, 3.8) is 0 Å². The molecule has 0 amide bonds. The fourth-order valence-electron chi connectivity index (χ4n) is 1.58. The summed E-state index contributed by atoms with van der Waals surface area (Å²) in [6.45, 7) is 7.09. The molecule has 0 atom stereocenters. The molecular formula is C14H22O2SSi. The van der Waals surface area contributed by atoms with E-state index in [0.717, 1.165) is 5.75 Å². The molecule has 100 valence electrons. The Morgan fingerprint density at radius 3 is 2.50 bits per heavy atom. The first-order chi connectivity index (χ1) is 8.53. The molecule has 1 rings (SSSR count). The van der Waals surface area contributed by atoms with Gasteiger partial charge in [-0.1, -0.05) is 38.0 Å². The van der Waals surface area contributed by atoms with Crippen molar-refractivity contribution in [2.45, 2.75) is 38.9 Å². The van der Waals surface area contributed by atoms with Gasteiger partial charge in [-0.2, -0.15) is 0 Å². The Labute approximate surface area is 116 Å². The zero-order chi connectivity index (χ0) is 13.4. The fraction of sp³-hybridized carbons (Fsp3) is 0.500. The van der Waals surface area contributed by atoms with Crippen molar-refractivity contribution >= 4 is 25.6 Å². The number of hydrogen-bond donors (Lipinski definition) is 0. The minimum absolute atomic E-state index is 0.424. The molecule has 0 radical (unpaired) electrons. The molecule has 0 N–H and O–H groups in total. The van der Waals surface area contributed by atoms with E-state index in [4.69, 9.17) is 21.4 Å². The number of rotatable bonds is 7. The van der Waals surface area contributed by atoms with Crippen molar-refractivity contribution in [1.82, 2.24) is 0 Å². The second-order valence-electron chi connectivity index (χ2n) is 4.94. The van der Waals surface area contributed by atoms with Gasteiger partial charge < -0.3 is 9.16 Å². The lowest BCUT2D eigenvalue weighted by atomic mass is 10.3. The summed E-state index contributed by atoms with van der Waals surface area (Å²) in [6.07, 6.45) is 2.44. The number of unbranched alkanes of at least 4 members (excludes halogenated alkanes) is 1. The molecule has 0 unspecified atom stereocenters. The minimum Gasteiger partial charge on any atom is -0.448 e. The van der Waals surface area contributed by atoms with Crippen LogP contribution in [-0.4, -0.2) is 20.0 Å². The summed E-state index contributed by atoms with van der Waals surface area (Å²) >= 11 is 5.19. The van der Waals surface area contributed by atoms with Crippen molar-refractivity contribution in [1.29, 1.82) is 0 Å². The summed E-state index contributed by atoms with van der Waals surface area (Å²) in [5.74, 6) is 0.777. The number of ether oxygens (including phenoxy) is 1. The average molecular weight is 282 g/mol. The molecule has 0 fully saturated rings. The maximum atomic E-state index is 5.94. The normalized spacial score (nSPS) is 11.3. The zero-order valence-corrected chi connectivity index (χ0v) is 13.3. The third-order valence-corrected chi connectivity index (χ3v) is 5.37. The molecule has 0 aliphatic rings. The molecule has 1 aromatic carbocycles. The predicted molar refractivity (Wildman–Crippen MR) is 82.8 cm³/mol. The molecule has 18 heavy (non-hydrogen) atoms. The van der Waals surface area contributed by atoms with E-state index in [2.05, 4.69) is 20.0 Å². The van der Waals surface area contributed by atoms with Crippen LogP contribution in [0.4, 0.5) is 0 Å². The summed E-state index contributed by atoms with van der Waals surface area (Å²) in [6, 6.07) is 10.8. The third kappa shape index (κ3) is 6.28. The number of benzene rings is 1. The van der Waals surface area contributed by atoms with E-state index < -0.39 is 8.32 Å². The summed E-state index contributed by atoms with van der Waals surface area (Å²) < 4.78 is 11.5. The lowest BCUT2D eigenvalue weighted by Gasteiger charge is -2.22. The highest BCUT2D eigenvalue weighted by Crippen LogP contribution is 2.16. The number of hydrogen-bond acceptors (Lipinski definition) is 3. The Morgan fingerprint density at radius 1 is 1.22 bits per heavy atom. The molecule has 2 nitrogen and oxygen atoms in total. The van der Waals surface area contributed by atoms with E-state index in [0.29, 0.717) is 11.7 Å². The van der Waals surface area contributed by atoms with Gasteiger partial charge in [0, 0.05) is 0 Å². The topological polar surface area (TPSA) is 18.5 Å². The van der Waals surface area contributed by atoms with Crippen LogP contribution in [0.2, 0.25) is 19.1 Å². The third-order valence-electron chi connectivity index (χ3n) is 2.69. The fourth-order valence-corrected chi connectivity index (χ4v) is 3.71.